The number of benzene rings is 1. The van der Waals surface area contributed by atoms with E-state index in [1.54, 1.807) is 18.2 Å². The Hall–Kier alpha value is -2.71. The van der Waals surface area contributed by atoms with Crippen LogP contribution in [0.15, 0.2) is 24.3 Å². The van der Waals surface area contributed by atoms with E-state index in [0.717, 1.165) is 36.1 Å². The lowest BCUT2D eigenvalue weighted by atomic mass is 9.91. The lowest BCUT2D eigenvalue weighted by molar-refractivity contribution is -0.120. The first kappa shape index (κ1) is 21.0. The molecule has 1 heterocycles. The maximum atomic E-state index is 13.4. The number of amides is 2. The molecule has 1 aliphatic rings. The van der Waals surface area contributed by atoms with Crippen LogP contribution in [-0.4, -0.2) is 44.8 Å². The van der Waals surface area contributed by atoms with E-state index in [9.17, 15) is 14.4 Å². The van der Waals surface area contributed by atoms with Gasteiger partial charge in [0.25, 0.3) is 0 Å². The molecule has 0 aliphatic heterocycles. The van der Waals surface area contributed by atoms with E-state index in [-0.39, 0.29) is 30.7 Å². The van der Waals surface area contributed by atoms with Crippen molar-refractivity contribution >= 4 is 33.9 Å². The summed E-state index contributed by atoms with van der Waals surface area (Å²) in [5.74, 6) is -0.119. The number of thiophene rings is 1. The lowest BCUT2D eigenvalue weighted by Crippen LogP contribution is -2.36. The predicted octanol–water partition coefficient (Wildman–Crippen LogP) is 2.14. The number of carbonyl (C=O) groups is 3. The summed E-state index contributed by atoms with van der Waals surface area (Å²) in [5.41, 5.74) is 2.08. The van der Waals surface area contributed by atoms with Crippen LogP contribution in [0.3, 0.4) is 0 Å². The van der Waals surface area contributed by atoms with Crippen molar-refractivity contribution in [2.75, 3.05) is 32.6 Å². The lowest BCUT2D eigenvalue weighted by Gasteiger charge is -2.14. The minimum absolute atomic E-state index is 0.0156. The molecule has 0 fully saturated rings. The van der Waals surface area contributed by atoms with Gasteiger partial charge in [0.15, 0.2) is 5.78 Å². The van der Waals surface area contributed by atoms with Crippen LogP contribution in [0, 0.1) is 0 Å². The van der Waals surface area contributed by atoms with Crippen LogP contribution in [-0.2, 0) is 22.4 Å². The zero-order valence-corrected chi connectivity index (χ0v) is 17.4. The molecule has 0 bridgehead atoms. The fourth-order valence-electron chi connectivity index (χ4n) is 3.41. The monoisotopic (exact) mass is 415 g/mol. The Morgan fingerprint density at radius 1 is 1.07 bits per heavy atom. The molecule has 0 saturated heterocycles. The van der Waals surface area contributed by atoms with Crippen LogP contribution in [0.5, 0.6) is 5.75 Å². The third kappa shape index (κ3) is 4.83. The van der Waals surface area contributed by atoms with Crippen molar-refractivity contribution in [3.8, 4) is 5.75 Å². The van der Waals surface area contributed by atoms with Crippen molar-refractivity contribution in [2.45, 2.75) is 25.7 Å². The molecular formula is C21H25N3O4S. The number of likely N-dealkylation sites (N-methyl/N-ethyl adjacent to an activating group) is 1. The van der Waals surface area contributed by atoms with Gasteiger partial charge < -0.3 is 15.4 Å². The van der Waals surface area contributed by atoms with Gasteiger partial charge in [-0.1, -0.05) is 12.1 Å². The van der Waals surface area contributed by atoms with Crippen molar-refractivity contribution in [1.82, 2.24) is 10.6 Å². The second kappa shape index (κ2) is 9.67. The van der Waals surface area contributed by atoms with Crippen LogP contribution in [0.25, 0.3) is 0 Å². The van der Waals surface area contributed by atoms with E-state index in [1.165, 1.54) is 25.5 Å². The molecule has 0 unspecified atom stereocenters. The molecule has 0 radical (unpaired) electrons. The Bertz CT molecular complexity index is 923. The van der Waals surface area contributed by atoms with Gasteiger partial charge in [0.1, 0.15) is 10.8 Å². The first-order chi connectivity index (χ1) is 14.0. The van der Waals surface area contributed by atoms with Gasteiger partial charge in [-0.2, -0.15) is 0 Å². The highest BCUT2D eigenvalue weighted by molar-refractivity contribution is 7.17. The average Bonchev–Trinajstić information content (AvgIpc) is 3.10. The highest BCUT2D eigenvalue weighted by Gasteiger charge is 2.28. The zero-order valence-electron chi connectivity index (χ0n) is 16.6. The molecule has 0 spiro atoms. The number of aryl methyl sites for hydroxylation is 1. The molecule has 1 aromatic heterocycles. The molecule has 0 atom stereocenters. The number of para-hydroxylation sites is 1. The zero-order chi connectivity index (χ0) is 20.8. The molecule has 1 aromatic carbocycles. The van der Waals surface area contributed by atoms with E-state index >= 15 is 0 Å². The molecule has 154 valence electrons. The standard InChI is InChI=1S/C21H25N3O4S/c1-22-17(25)11-23-12-18(26)24-21-19(14-8-4-6-10-16(14)29-21)20(27)13-7-3-5-9-15(13)28-2/h3,5,7,9,23H,4,6,8,10-12H2,1-2H3,(H,22,25)(H,24,26). The van der Waals surface area contributed by atoms with Gasteiger partial charge in [-0.05, 0) is 43.4 Å². The molecule has 8 heteroatoms. The van der Waals surface area contributed by atoms with E-state index in [0.29, 0.717) is 21.9 Å². The molecule has 1 aliphatic carbocycles. The minimum Gasteiger partial charge on any atom is -0.496 e. The number of rotatable bonds is 8. The predicted molar refractivity (Wildman–Crippen MR) is 113 cm³/mol. The summed E-state index contributed by atoms with van der Waals surface area (Å²) in [4.78, 5) is 38.2. The van der Waals surface area contributed by atoms with Crippen LogP contribution < -0.4 is 20.7 Å². The topological polar surface area (TPSA) is 96.5 Å². The van der Waals surface area contributed by atoms with Crippen LogP contribution in [0.4, 0.5) is 5.00 Å². The summed E-state index contributed by atoms with van der Waals surface area (Å²) in [7, 11) is 3.08. The second-order valence-corrected chi connectivity index (χ2v) is 7.87. The normalized spacial score (nSPS) is 12.8. The minimum atomic E-state index is -0.290. The van der Waals surface area contributed by atoms with Gasteiger partial charge in [-0.3, -0.25) is 19.7 Å². The summed E-state index contributed by atoms with van der Waals surface area (Å²) in [6, 6.07) is 7.12. The Morgan fingerprint density at radius 3 is 2.55 bits per heavy atom. The third-order valence-corrected chi connectivity index (χ3v) is 6.06. The quantitative estimate of drug-likeness (QED) is 0.574. The van der Waals surface area contributed by atoms with Crippen molar-refractivity contribution in [3.05, 3.63) is 45.8 Å². The van der Waals surface area contributed by atoms with Gasteiger partial charge in [-0.15, -0.1) is 11.3 Å². The number of nitrogens with one attached hydrogen (secondary N) is 3. The number of hydrogen-bond donors (Lipinski definition) is 3. The Labute approximate surface area is 173 Å². The van der Waals surface area contributed by atoms with Crippen molar-refractivity contribution < 1.29 is 19.1 Å². The largest absolute Gasteiger partial charge is 0.496 e. The van der Waals surface area contributed by atoms with Gasteiger partial charge in [0.2, 0.25) is 11.8 Å². The second-order valence-electron chi connectivity index (χ2n) is 6.77. The van der Waals surface area contributed by atoms with Crippen molar-refractivity contribution in [3.63, 3.8) is 0 Å². The first-order valence-electron chi connectivity index (χ1n) is 9.58. The molecule has 2 aromatic rings. The Morgan fingerprint density at radius 2 is 1.79 bits per heavy atom. The first-order valence-corrected chi connectivity index (χ1v) is 10.4. The number of anilines is 1. The molecule has 29 heavy (non-hydrogen) atoms. The van der Waals surface area contributed by atoms with Gasteiger partial charge in [0, 0.05) is 11.9 Å². The number of methoxy groups -OCH3 is 1. The van der Waals surface area contributed by atoms with Gasteiger partial charge in [0.05, 0.1) is 31.3 Å². The third-order valence-electron chi connectivity index (χ3n) is 4.85. The number of hydrogen-bond acceptors (Lipinski definition) is 6. The molecule has 0 saturated carbocycles. The van der Waals surface area contributed by atoms with Gasteiger partial charge >= 0.3 is 0 Å². The number of ether oxygens (including phenoxy) is 1. The number of carbonyl (C=O) groups excluding carboxylic acids is 3. The SMILES string of the molecule is CNC(=O)CNCC(=O)Nc1sc2c(c1C(=O)c1ccccc1OC)CCCC2. The van der Waals surface area contributed by atoms with Crippen LogP contribution in [0.1, 0.15) is 39.2 Å². The van der Waals surface area contributed by atoms with Crippen molar-refractivity contribution in [1.29, 1.82) is 0 Å². The maximum absolute atomic E-state index is 13.4. The van der Waals surface area contributed by atoms with Gasteiger partial charge in [-0.25, -0.2) is 0 Å². The highest BCUT2D eigenvalue weighted by Crippen LogP contribution is 2.40. The molecular weight excluding hydrogens is 390 g/mol. The molecule has 3 N–H and O–H groups in total. The molecule has 3 rings (SSSR count). The summed E-state index contributed by atoms with van der Waals surface area (Å²) in [5, 5.41) is 8.72. The fraction of sp³-hybridized carbons (Fsp3) is 0.381. The van der Waals surface area contributed by atoms with E-state index in [4.69, 9.17) is 4.74 Å². The Kier molecular flexibility index (Phi) is 7.00. The smallest absolute Gasteiger partial charge is 0.238 e. The van der Waals surface area contributed by atoms with E-state index in [2.05, 4.69) is 16.0 Å². The molecule has 2 amide bonds. The number of fused-ring (bicyclic) bond motifs is 1. The highest BCUT2D eigenvalue weighted by atomic mass is 32.1. The summed E-state index contributed by atoms with van der Waals surface area (Å²) in [6.07, 6.45) is 3.84. The fourth-order valence-corrected chi connectivity index (χ4v) is 4.71. The Balaban J connectivity index is 1.86. The summed E-state index contributed by atoms with van der Waals surface area (Å²) >= 11 is 1.47. The van der Waals surface area contributed by atoms with Crippen molar-refractivity contribution in [2.24, 2.45) is 0 Å². The van der Waals surface area contributed by atoms with Crippen LogP contribution >= 0.6 is 11.3 Å². The summed E-state index contributed by atoms with van der Waals surface area (Å²) < 4.78 is 5.36. The van der Waals surface area contributed by atoms with Crippen LogP contribution in [0.2, 0.25) is 0 Å². The number of ketones is 1. The summed E-state index contributed by atoms with van der Waals surface area (Å²) in [6.45, 7) is 0.0378. The van der Waals surface area contributed by atoms with E-state index < -0.39 is 0 Å². The average molecular weight is 416 g/mol. The molecule has 7 nitrogen and oxygen atoms in total. The van der Waals surface area contributed by atoms with E-state index in [1.807, 2.05) is 6.07 Å². The maximum Gasteiger partial charge on any atom is 0.238 e.